The van der Waals surface area contributed by atoms with Crippen molar-refractivity contribution < 1.29 is 19.4 Å². The summed E-state index contributed by atoms with van der Waals surface area (Å²) < 4.78 is 6.14. The van der Waals surface area contributed by atoms with Gasteiger partial charge in [-0.05, 0) is 6.92 Å². The van der Waals surface area contributed by atoms with Gasteiger partial charge in [0.1, 0.15) is 18.1 Å². The first-order valence-corrected chi connectivity index (χ1v) is 5.07. The van der Waals surface area contributed by atoms with E-state index in [2.05, 4.69) is 10.3 Å². The lowest BCUT2D eigenvalue weighted by atomic mass is 10.4. The normalized spacial score (nSPS) is 10.2. The maximum atomic E-state index is 11.5. The molecule has 1 aromatic heterocycles. The Morgan fingerprint density at radius 1 is 1.59 bits per heavy atom. The SMILES string of the molecule is COCCNC(=O)Cn1c(C(=O)O)cnc1C. The maximum absolute atomic E-state index is 11.5. The predicted octanol–water partition coefficient (Wildman–Crippen LogP) is -0.348. The molecular weight excluding hydrogens is 226 g/mol. The summed E-state index contributed by atoms with van der Waals surface area (Å²) in [5, 5.41) is 11.5. The molecule has 17 heavy (non-hydrogen) atoms. The molecule has 0 saturated carbocycles. The lowest BCUT2D eigenvalue weighted by molar-refractivity contribution is -0.121. The number of aromatic nitrogens is 2. The summed E-state index contributed by atoms with van der Waals surface area (Å²) in [6.07, 6.45) is 1.24. The monoisotopic (exact) mass is 241 g/mol. The van der Waals surface area contributed by atoms with Crippen molar-refractivity contribution in [3.63, 3.8) is 0 Å². The number of methoxy groups -OCH3 is 1. The molecule has 1 amide bonds. The molecule has 0 atom stereocenters. The molecule has 0 aromatic carbocycles. The van der Waals surface area contributed by atoms with Crippen LogP contribution >= 0.6 is 0 Å². The summed E-state index contributed by atoms with van der Waals surface area (Å²) in [7, 11) is 1.54. The van der Waals surface area contributed by atoms with Gasteiger partial charge in [0.15, 0.2) is 0 Å². The molecule has 0 aliphatic heterocycles. The van der Waals surface area contributed by atoms with Gasteiger partial charge in [-0.2, -0.15) is 0 Å². The van der Waals surface area contributed by atoms with Crippen LogP contribution in [0.15, 0.2) is 6.20 Å². The maximum Gasteiger partial charge on any atom is 0.354 e. The number of rotatable bonds is 6. The zero-order valence-electron chi connectivity index (χ0n) is 9.77. The minimum Gasteiger partial charge on any atom is -0.477 e. The molecule has 0 saturated heterocycles. The fraction of sp³-hybridized carbons (Fsp3) is 0.500. The van der Waals surface area contributed by atoms with Gasteiger partial charge < -0.3 is 19.7 Å². The average Bonchev–Trinajstić information content (AvgIpc) is 2.61. The zero-order valence-corrected chi connectivity index (χ0v) is 9.77. The van der Waals surface area contributed by atoms with Gasteiger partial charge in [0, 0.05) is 13.7 Å². The van der Waals surface area contributed by atoms with E-state index in [-0.39, 0.29) is 18.1 Å². The van der Waals surface area contributed by atoms with E-state index >= 15 is 0 Å². The summed E-state index contributed by atoms with van der Waals surface area (Å²) >= 11 is 0. The third-order valence-corrected chi connectivity index (χ3v) is 2.20. The second kappa shape index (κ2) is 6.00. The third kappa shape index (κ3) is 3.56. The summed E-state index contributed by atoms with van der Waals surface area (Å²) in [6, 6.07) is 0. The number of carbonyl (C=O) groups excluding carboxylic acids is 1. The number of aromatic carboxylic acids is 1. The Morgan fingerprint density at radius 2 is 2.29 bits per heavy atom. The fourth-order valence-corrected chi connectivity index (χ4v) is 1.33. The molecule has 7 nitrogen and oxygen atoms in total. The zero-order chi connectivity index (χ0) is 12.8. The number of amides is 1. The number of hydrogen-bond donors (Lipinski definition) is 2. The second-order valence-corrected chi connectivity index (χ2v) is 3.42. The van der Waals surface area contributed by atoms with Gasteiger partial charge >= 0.3 is 5.97 Å². The van der Waals surface area contributed by atoms with Crippen molar-refractivity contribution >= 4 is 11.9 Å². The molecule has 1 heterocycles. The van der Waals surface area contributed by atoms with Crippen LogP contribution in [0.4, 0.5) is 0 Å². The second-order valence-electron chi connectivity index (χ2n) is 3.42. The van der Waals surface area contributed by atoms with Crippen molar-refractivity contribution in [2.45, 2.75) is 13.5 Å². The first kappa shape index (κ1) is 13.2. The first-order chi connectivity index (χ1) is 8.06. The van der Waals surface area contributed by atoms with Crippen LogP contribution in [0.25, 0.3) is 0 Å². The number of carbonyl (C=O) groups is 2. The molecule has 1 rings (SSSR count). The Balaban J connectivity index is 2.64. The highest BCUT2D eigenvalue weighted by atomic mass is 16.5. The van der Waals surface area contributed by atoms with E-state index in [0.717, 1.165) is 0 Å². The van der Waals surface area contributed by atoms with Gasteiger partial charge in [0.05, 0.1) is 12.8 Å². The molecule has 0 unspecified atom stereocenters. The van der Waals surface area contributed by atoms with Crippen molar-refractivity contribution in [1.82, 2.24) is 14.9 Å². The van der Waals surface area contributed by atoms with Crippen molar-refractivity contribution in [1.29, 1.82) is 0 Å². The smallest absolute Gasteiger partial charge is 0.354 e. The van der Waals surface area contributed by atoms with Crippen LogP contribution in [0.5, 0.6) is 0 Å². The Hall–Kier alpha value is -1.89. The highest BCUT2D eigenvalue weighted by Gasteiger charge is 2.15. The van der Waals surface area contributed by atoms with Crippen LogP contribution in [-0.2, 0) is 16.1 Å². The van der Waals surface area contributed by atoms with Crippen LogP contribution in [0.2, 0.25) is 0 Å². The van der Waals surface area contributed by atoms with E-state index in [1.54, 1.807) is 6.92 Å². The van der Waals surface area contributed by atoms with E-state index in [1.807, 2.05) is 0 Å². The lowest BCUT2D eigenvalue weighted by Gasteiger charge is -2.08. The minimum atomic E-state index is -1.10. The molecule has 0 spiro atoms. The van der Waals surface area contributed by atoms with Crippen molar-refractivity contribution in [3.05, 3.63) is 17.7 Å². The standard InChI is InChI=1S/C10H15N3O4/c1-7-12-5-8(10(15)16)13(7)6-9(14)11-3-4-17-2/h5H,3-4,6H2,1-2H3,(H,11,14)(H,15,16). The number of nitrogens with one attached hydrogen (secondary N) is 1. The van der Waals surface area contributed by atoms with Gasteiger partial charge in [-0.25, -0.2) is 9.78 Å². The van der Waals surface area contributed by atoms with Gasteiger partial charge in [-0.15, -0.1) is 0 Å². The van der Waals surface area contributed by atoms with E-state index in [9.17, 15) is 9.59 Å². The molecule has 0 aliphatic rings. The van der Waals surface area contributed by atoms with Crippen LogP contribution in [0.1, 0.15) is 16.3 Å². The lowest BCUT2D eigenvalue weighted by Crippen LogP contribution is -2.31. The van der Waals surface area contributed by atoms with Gasteiger partial charge in [0.25, 0.3) is 0 Å². The van der Waals surface area contributed by atoms with Crippen molar-refractivity contribution in [3.8, 4) is 0 Å². The quantitative estimate of drug-likeness (QED) is 0.664. The molecule has 7 heteroatoms. The molecule has 0 aliphatic carbocycles. The fourth-order valence-electron chi connectivity index (χ4n) is 1.33. The van der Waals surface area contributed by atoms with E-state index in [1.165, 1.54) is 17.9 Å². The van der Waals surface area contributed by atoms with Gasteiger partial charge in [-0.3, -0.25) is 4.79 Å². The number of hydrogen-bond acceptors (Lipinski definition) is 4. The number of aryl methyl sites for hydroxylation is 1. The highest BCUT2D eigenvalue weighted by molar-refractivity contribution is 5.86. The largest absolute Gasteiger partial charge is 0.477 e. The number of carboxylic acids is 1. The topological polar surface area (TPSA) is 93.5 Å². The van der Waals surface area contributed by atoms with Crippen molar-refractivity contribution in [2.24, 2.45) is 0 Å². The predicted molar refractivity (Wildman–Crippen MR) is 58.8 cm³/mol. The molecular formula is C10H15N3O4. The van der Waals surface area contributed by atoms with Crippen molar-refractivity contribution in [2.75, 3.05) is 20.3 Å². The molecule has 94 valence electrons. The molecule has 1 aromatic rings. The van der Waals surface area contributed by atoms with Crippen LogP contribution < -0.4 is 5.32 Å². The third-order valence-electron chi connectivity index (χ3n) is 2.20. The summed E-state index contributed by atoms with van der Waals surface area (Å²) in [6.45, 7) is 2.40. The average molecular weight is 241 g/mol. The summed E-state index contributed by atoms with van der Waals surface area (Å²) in [5.74, 6) is -0.884. The highest BCUT2D eigenvalue weighted by Crippen LogP contribution is 2.04. The first-order valence-electron chi connectivity index (χ1n) is 5.07. The van der Waals surface area contributed by atoms with E-state index in [0.29, 0.717) is 19.0 Å². The Kier molecular flexibility index (Phi) is 4.65. The summed E-state index contributed by atoms with van der Waals surface area (Å²) in [5.41, 5.74) is 0.00407. The molecule has 0 radical (unpaired) electrons. The number of ether oxygens (including phenoxy) is 1. The number of nitrogens with zero attached hydrogens (tertiary/aromatic N) is 2. The van der Waals surface area contributed by atoms with E-state index < -0.39 is 5.97 Å². The Labute approximate surface area is 98.4 Å². The number of carboxylic acid groups (broad SMARTS) is 1. The van der Waals surface area contributed by atoms with Crippen LogP contribution in [0, 0.1) is 6.92 Å². The van der Waals surface area contributed by atoms with Gasteiger partial charge in [-0.1, -0.05) is 0 Å². The Bertz CT molecular complexity index is 414. The number of imidazole rings is 1. The minimum absolute atomic E-state index is 0.00407. The summed E-state index contributed by atoms with van der Waals surface area (Å²) in [4.78, 5) is 26.2. The molecule has 0 bridgehead atoms. The van der Waals surface area contributed by atoms with E-state index in [4.69, 9.17) is 9.84 Å². The molecule has 2 N–H and O–H groups in total. The van der Waals surface area contributed by atoms with Crippen LogP contribution in [0.3, 0.4) is 0 Å². The van der Waals surface area contributed by atoms with Gasteiger partial charge in [0.2, 0.25) is 5.91 Å². The Morgan fingerprint density at radius 3 is 2.88 bits per heavy atom. The molecule has 0 fully saturated rings. The van der Waals surface area contributed by atoms with Crippen LogP contribution in [-0.4, -0.2) is 46.8 Å².